The zero-order chi connectivity index (χ0) is 22.7. The number of hydrogen-bond acceptors (Lipinski definition) is 4. The van der Waals surface area contributed by atoms with Crippen molar-refractivity contribution in [1.82, 2.24) is 9.21 Å². The quantitative estimate of drug-likeness (QED) is 0.654. The molecule has 6 nitrogen and oxygen atoms in total. The lowest BCUT2D eigenvalue weighted by Crippen LogP contribution is -2.44. The molecule has 2 fully saturated rings. The van der Waals surface area contributed by atoms with Gasteiger partial charge in [-0.25, -0.2) is 8.42 Å². The minimum Gasteiger partial charge on any atom is -0.495 e. The predicted octanol–water partition coefficient (Wildman–Crippen LogP) is 4.17. The van der Waals surface area contributed by atoms with Gasteiger partial charge in [-0.1, -0.05) is 49.6 Å². The molecule has 2 aromatic carbocycles. The van der Waals surface area contributed by atoms with Gasteiger partial charge in [0.2, 0.25) is 10.0 Å². The average Bonchev–Trinajstić information content (AvgIpc) is 2.83. The molecule has 172 valence electrons. The Morgan fingerprint density at radius 3 is 2.50 bits per heavy atom. The second-order valence-electron chi connectivity index (χ2n) is 8.96. The number of carbonyl (C=O) groups is 1. The summed E-state index contributed by atoms with van der Waals surface area (Å²) in [4.78, 5) is 15.2. The van der Waals surface area contributed by atoms with Crippen molar-refractivity contribution >= 4 is 15.9 Å². The van der Waals surface area contributed by atoms with E-state index in [0.29, 0.717) is 11.5 Å². The highest BCUT2D eigenvalue weighted by Crippen LogP contribution is 2.37. The van der Waals surface area contributed by atoms with Crippen molar-refractivity contribution in [2.75, 3.05) is 27.2 Å². The Morgan fingerprint density at radius 1 is 1.06 bits per heavy atom. The van der Waals surface area contributed by atoms with E-state index >= 15 is 0 Å². The van der Waals surface area contributed by atoms with E-state index in [0.717, 1.165) is 31.0 Å². The Bertz CT molecular complexity index is 1050. The molecule has 2 aliphatic rings. The lowest BCUT2D eigenvalue weighted by Gasteiger charge is -2.41. The van der Waals surface area contributed by atoms with Crippen LogP contribution in [0.25, 0.3) is 0 Å². The smallest absolute Gasteiger partial charge is 0.253 e. The Hall–Kier alpha value is -2.38. The van der Waals surface area contributed by atoms with Crippen LogP contribution in [0.15, 0.2) is 53.4 Å². The van der Waals surface area contributed by atoms with Crippen LogP contribution in [0.1, 0.15) is 48.0 Å². The highest BCUT2D eigenvalue weighted by Gasteiger charge is 2.34. The fraction of sp³-hybridized carbons (Fsp3) is 0.480. The first-order valence-electron chi connectivity index (χ1n) is 11.4. The molecule has 0 spiro atoms. The molecule has 0 aromatic heterocycles. The number of ether oxygens (including phenoxy) is 1. The van der Waals surface area contributed by atoms with E-state index in [1.807, 2.05) is 35.2 Å². The molecule has 2 unspecified atom stereocenters. The van der Waals surface area contributed by atoms with E-state index in [2.05, 4.69) is 0 Å². The Morgan fingerprint density at radius 2 is 1.78 bits per heavy atom. The van der Waals surface area contributed by atoms with Gasteiger partial charge in [-0.15, -0.1) is 0 Å². The van der Waals surface area contributed by atoms with Gasteiger partial charge in [0.1, 0.15) is 10.6 Å². The maximum Gasteiger partial charge on any atom is 0.253 e. The standard InChI is InChI=1S/C25H32N2O4S/c1-26(17-19-8-4-3-5-9-19)32(29,30)24-16-21(12-13-23(24)31-2)25(28)27-15-14-20-10-6-7-11-22(20)18-27/h3-5,8-9,12-13,16,20,22H,6-7,10-11,14-15,17-18H2,1-2H3. The first-order valence-corrected chi connectivity index (χ1v) is 12.8. The van der Waals surface area contributed by atoms with Crippen LogP contribution in [0.3, 0.4) is 0 Å². The van der Waals surface area contributed by atoms with E-state index in [1.165, 1.54) is 43.2 Å². The third kappa shape index (κ3) is 4.69. The molecule has 1 aliphatic carbocycles. The van der Waals surface area contributed by atoms with Crippen molar-refractivity contribution < 1.29 is 17.9 Å². The number of piperidine rings is 1. The van der Waals surface area contributed by atoms with Crippen molar-refractivity contribution in [3.63, 3.8) is 0 Å². The molecule has 7 heteroatoms. The van der Waals surface area contributed by atoms with Gasteiger partial charge in [-0.3, -0.25) is 4.79 Å². The molecule has 32 heavy (non-hydrogen) atoms. The number of amides is 1. The summed E-state index contributed by atoms with van der Waals surface area (Å²) in [6, 6.07) is 14.2. The van der Waals surface area contributed by atoms with Crippen LogP contribution in [-0.2, 0) is 16.6 Å². The van der Waals surface area contributed by atoms with Gasteiger partial charge in [-0.2, -0.15) is 4.31 Å². The molecule has 2 aromatic rings. The maximum absolute atomic E-state index is 13.4. The van der Waals surface area contributed by atoms with E-state index in [4.69, 9.17) is 4.74 Å². The van der Waals surface area contributed by atoms with E-state index in [-0.39, 0.29) is 23.1 Å². The highest BCUT2D eigenvalue weighted by atomic mass is 32.2. The third-order valence-electron chi connectivity index (χ3n) is 6.93. The molecule has 2 atom stereocenters. The normalized spacial score (nSPS) is 21.3. The van der Waals surface area contributed by atoms with Crippen LogP contribution in [0, 0.1) is 11.8 Å². The number of nitrogens with zero attached hydrogens (tertiary/aromatic N) is 2. The molecule has 1 heterocycles. The van der Waals surface area contributed by atoms with Gasteiger partial charge in [0.05, 0.1) is 7.11 Å². The Kier molecular flexibility index (Phi) is 6.86. The largest absolute Gasteiger partial charge is 0.495 e. The number of fused-ring (bicyclic) bond motifs is 1. The zero-order valence-electron chi connectivity index (χ0n) is 18.9. The monoisotopic (exact) mass is 456 g/mol. The number of methoxy groups -OCH3 is 1. The van der Waals surface area contributed by atoms with Crippen LogP contribution in [0.2, 0.25) is 0 Å². The molecule has 4 rings (SSSR count). The van der Waals surface area contributed by atoms with Crippen molar-refractivity contribution in [3.8, 4) is 5.75 Å². The summed E-state index contributed by atoms with van der Waals surface area (Å²) in [7, 11) is -0.857. The molecule has 0 N–H and O–H groups in total. The Labute approximate surface area is 191 Å². The van der Waals surface area contributed by atoms with Crippen LogP contribution in [-0.4, -0.2) is 50.8 Å². The number of sulfonamides is 1. The van der Waals surface area contributed by atoms with Crippen LogP contribution in [0.4, 0.5) is 0 Å². The minimum absolute atomic E-state index is 0.0248. The first kappa shape index (κ1) is 22.8. The Balaban J connectivity index is 1.57. The number of likely N-dealkylation sites (tertiary alicyclic amines) is 1. The second-order valence-corrected chi connectivity index (χ2v) is 11.0. The van der Waals surface area contributed by atoms with Gasteiger partial charge in [0.15, 0.2) is 0 Å². The number of benzene rings is 2. The van der Waals surface area contributed by atoms with Crippen LogP contribution < -0.4 is 4.74 Å². The highest BCUT2D eigenvalue weighted by molar-refractivity contribution is 7.89. The molecular formula is C25H32N2O4S. The summed E-state index contributed by atoms with van der Waals surface area (Å²) in [5.41, 5.74) is 1.28. The third-order valence-corrected chi connectivity index (χ3v) is 8.75. The van der Waals surface area contributed by atoms with Crippen molar-refractivity contribution in [1.29, 1.82) is 0 Å². The second kappa shape index (κ2) is 9.63. The van der Waals surface area contributed by atoms with Crippen molar-refractivity contribution in [2.45, 2.75) is 43.5 Å². The summed E-state index contributed by atoms with van der Waals surface area (Å²) in [5, 5.41) is 0. The fourth-order valence-corrected chi connectivity index (χ4v) is 6.41. The lowest BCUT2D eigenvalue weighted by molar-refractivity contribution is 0.0520. The minimum atomic E-state index is -3.85. The van der Waals surface area contributed by atoms with Crippen LogP contribution in [0.5, 0.6) is 5.75 Å². The maximum atomic E-state index is 13.4. The molecule has 1 saturated heterocycles. The molecular weight excluding hydrogens is 424 g/mol. The summed E-state index contributed by atoms with van der Waals surface area (Å²) in [6.45, 7) is 1.74. The zero-order valence-corrected chi connectivity index (χ0v) is 19.7. The fourth-order valence-electron chi connectivity index (χ4n) is 5.07. The average molecular weight is 457 g/mol. The number of hydrogen-bond donors (Lipinski definition) is 0. The summed E-state index contributed by atoms with van der Waals surface area (Å²) < 4.78 is 33.4. The first-order chi connectivity index (χ1) is 15.4. The van der Waals surface area contributed by atoms with Gasteiger partial charge < -0.3 is 9.64 Å². The predicted molar refractivity (Wildman–Crippen MR) is 124 cm³/mol. The van der Waals surface area contributed by atoms with Gasteiger partial charge in [0.25, 0.3) is 5.91 Å². The summed E-state index contributed by atoms with van der Waals surface area (Å²) in [6.07, 6.45) is 6.02. The number of rotatable bonds is 6. The molecule has 1 amide bonds. The van der Waals surface area contributed by atoms with E-state index in [9.17, 15) is 13.2 Å². The van der Waals surface area contributed by atoms with Crippen molar-refractivity contribution in [3.05, 3.63) is 59.7 Å². The SMILES string of the molecule is COc1ccc(C(=O)N2CCC3CCCCC3C2)cc1S(=O)(=O)N(C)Cc1ccccc1. The topological polar surface area (TPSA) is 66.9 Å². The number of carbonyl (C=O) groups excluding carboxylic acids is 1. The summed E-state index contributed by atoms with van der Waals surface area (Å²) in [5.74, 6) is 1.44. The molecule has 1 aliphatic heterocycles. The molecule has 0 bridgehead atoms. The lowest BCUT2D eigenvalue weighted by atomic mass is 9.75. The summed E-state index contributed by atoms with van der Waals surface area (Å²) >= 11 is 0. The van der Waals surface area contributed by atoms with E-state index in [1.54, 1.807) is 19.2 Å². The van der Waals surface area contributed by atoms with Gasteiger partial charge >= 0.3 is 0 Å². The van der Waals surface area contributed by atoms with Crippen molar-refractivity contribution in [2.24, 2.45) is 11.8 Å². The van der Waals surface area contributed by atoms with Gasteiger partial charge in [0, 0.05) is 32.2 Å². The van der Waals surface area contributed by atoms with Crippen LogP contribution >= 0.6 is 0 Å². The molecule has 1 saturated carbocycles. The molecule has 0 radical (unpaired) electrons. The van der Waals surface area contributed by atoms with Gasteiger partial charge in [-0.05, 0) is 48.4 Å². The van der Waals surface area contributed by atoms with E-state index < -0.39 is 10.0 Å².